The Balaban J connectivity index is 2.58. The van der Waals surface area contributed by atoms with Crippen molar-refractivity contribution >= 4 is 28.6 Å². The fourth-order valence-electron chi connectivity index (χ4n) is 1.28. The molecule has 1 fully saturated rings. The van der Waals surface area contributed by atoms with Gasteiger partial charge in [0.15, 0.2) is 26.8 Å². The smallest absolute Gasteiger partial charge is 0.338 e. The molecular weight excluding hydrogens is 211 g/mol. The minimum atomic E-state index is -2.86. The predicted octanol–water partition coefficient (Wildman–Crippen LogP) is -0.700. The van der Waals surface area contributed by atoms with Gasteiger partial charge in [0.2, 0.25) is 0 Å². The second-order valence-corrected chi connectivity index (χ2v) is 7.30. The van der Waals surface area contributed by atoms with Crippen molar-refractivity contribution in [1.29, 1.82) is 0 Å². The molecule has 0 radical (unpaired) electrons. The molecule has 4 nitrogen and oxygen atoms in total. The van der Waals surface area contributed by atoms with E-state index in [4.69, 9.17) is 13.2 Å². The van der Waals surface area contributed by atoms with E-state index in [-0.39, 0.29) is 5.85 Å². The van der Waals surface area contributed by atoms with E-state index < -0.39 is 7.60 Å². The molecule has 1 atom stereocenters. The molecule has 0 aliphatic carbocycles. The molecule has 72 valence electrons. The van der Waals surface area contributed by atoms with Gasteiger partial charge in [0.05, 0.1) is 0 Å². The average molecular weight is 226 g/mol. The number of hydrogen-bond donors (Lipinski definition) is 0. The topological polar surface area (TPSA) is 44.8 Å². The monoisotopic (exact) mass is 226 g/mol. The average Bonchev–Trinajstić information content (AvgIpc) is 2.18. The van der Waals surface area contributed by atoms with Crippen LogP contribution in [0.1, 0.15) is 19.3 Å². The second kappa shape index (κ2) is 4.69. The zero-order valence-corrected chi connectivity index (χ0v) is 12.4. The Bertz CT molecular complexity index is 174. The van der Waals surface area contributed by atoms with Crippen LogP contribution in [0.4, 0.5) is 0 Å². The van der Waals surface area contributed by atoms with E-state index in [0.717, 1.165) is 19.3 Å². The molecule has 0 N–H and O–H groups in total. The van der Waals surface area contributed by atoms with E-state index in [1.54, 1.807) is 0 Å². The molecule has 0 aromatic carbocycles. The van der Waals surface area contributed by atoms with Crippen LogP contribution in [0, 0.1) is 0 Å². The first kappa shape index (κ1) is 10.6. The summed E-state index contributed by atoms with van der Waals surface area (Å²) in [6, 6.07) is 0. The molecule has 7 heteroatoms. The van der Waals surface area contributed by atoms with Crippen molar-refractivity contribution in [3.63, 3.8) is 0 Å². The molecule has 1 aliphatic rings. The van der Waals surface area contributed by atoms with Crippen LogP contribution < -0.4 is 0 Å². The minimum absolute atomic E-state index is 0.291. The lowest BCUT2D eigenvalue weighted by Crippen LogP contribution is -2.20. The second-order valence-electron chi connectivity index (χ2n) is 2.73. The lowest BCUT2D eigenvalue weighted by atomic mass is 10.2. The Kier molecular flexibility index (Phi) is 4.15. The number of hydrogen-bond acceptors (Lipinski definition) is 4. The van der Waals surface area contributed by atoms with Gasteiger partial charge in [-0.3, -0.25) is 4.57 Å². The maximum Gasteiger partial charge on any atom is 0.338 e. The maximum atomic E-state index is 11.8. The van der Waals surface area contributed by atoms with Gasteiger partial charge in [-0.05, 0) is 19.3 Å². The summed E-state index contributed by atoms with van der Waals surface area (Å²) in [6.45, 7) is 0.685. The zero-order valence-electron chi connectivity index (χ0n) is 7.49. The van der Waals surface area contributed by atoms with Gasteiger partial charge in [0.25, 0.3) is 0 Å². The first-order valence-corrected chi connectivity index (χ1v) is 7.30. The van der Waals surface area contributed by atoms with E-state index in [9.17, 15) is 4.57 Å². The molecule has 0 saturated carbocycles. The number of ether oxygens (including phenoxy) is 1. The zero-order chi connectivity index (χ0) is 9.03. The predicted molar refractivity (Wildman–Crippen MR) is 53.2 cm³/mol. The van der Waals surface area contributed by atoms with Gasteiger partial charge in [-0.25, -0.2) is 0 Å². The standard InChI is InChI=1S/C5H15O4PSi2/c6-10(8-11,9-12)5-3-1-2-4-7-5/h5H,1-4H2,11-12H3. The molecule has 0 spiro atoms. The molecule has 12 heavy (non-hydrogen) atoms. The van der Waals surface area contributed by atoms with Crippen LogP contribution in [0.25, 0.3) is 0 Å². The largest absolute Gasteiger partial charge is 0.366 e. The van der Waals surface area contributed by atoms with Gasteiger partial charge < -0.3 is 13.2 Å². The summed E-state index contributed by atoms with van der Waals surface area (Å²) in [5, 5.41) is 0. The van der Waals surface area contributed by atoms with E-state index in [1.165, 1.54) is 0 Å². The van der Waals surface area contributed by atoms with Crippen LogP contribution in [0.2, 0.25) is 0 Å². The highest BCUT2D eigenvalue weighted by atomic mass is 31.2. The molecular formula is C5H15O4PSi2. The highest BCUT2D eigenvalue weighted by Crippen LogP contribution is 2.54. The van der Waals surface area contributed by atoms with Gasteiger partial charge in [-0.1, -0.05) is 0 Å². The van der Waals surface area contributed by atoms with E-state index in [2.05, 4.69) is 0 Å². The van der Waals surface area contributed by atoms with Gasteiger partial charge in [-0.2, -0.15) is 0 Å². The Morgan fingerprint density at radius 1 is 1.33 bits per heavy atom. The summed E-state index contributed by atoms with van der Waals surface area (Å²) < 4.78 is 27.2. The summed E-state index contributed by atoms with van der Waals surface area (Å²) in [7, 11) is -1.97. The van der Waals surface area contributed by atoms with Crippen molar-refractivity contribution in [2.45, 2.75) is 25.1 Å². The minimum Gasteiger partial charge on any atom is -0.366 e. The fourth-order valence-corrected chi connectivity index (χ4v) is 5.89. The Labute approximate surface area is 78.6 Å². The third kappa shape index (κ3) is 2.28. The van der Waals surface area contributed by atoms with E-state index >= 15 is 0 Å². The van der Waals surface area contributed by atoms with E-state index in [0.29, 0.717) is 27.6 Å². The van der Waals surface area contributed by atoms with Crippen LogP contribution in [0.5, 0.6) is 0 Å². The SMILES string of the molecule is O=P(O[SiH3])(O[SiH3])C1CCCCO1. The lowest BCUT2D eigenvalue weighted by molar-refractivity contribution is 0.0525. The Morgan fingerprint density at radius 2 is 2.00 bits per heavy atom. The molecule has 1 aliphatic heterocycles. The Hall–Kier alpha value is 0.544. The molecule has 0 bridgehead atoms. The normalized spacial score (nSPS) is 30.2. The van der Waals surface area contributed by atoms with Gasteiger partial charge in [0, 0.05) is 6.61 Å². The molecule has 0 amide bonds. The molecule has 1 rings (SSSR count). The summed E-state index contributed by atoms with van der Waals surface area (Å²) in [5.74, 6) is -0.291. The van der Waals surface area contributed by atoms with E-state index in [1.807, 2.05) is 0 Å². The van der Waals surface area contributed by atoms with Gasteiger partial charge >= 0.3 is 7.60 Å². The van der Waals surface area contributed by atoms with Crippen molar-refractivity contribution in [2.75, 3.05) is 6.61 Å². The van der Waals surface area contributed by atoms with Crippen molar-refractivity contribution in [3.8, 4) is 0 Å². The lowest BCUT2D eigenvalue weighted by Gasteiger charge is -2.28. The van der Waals surface area contributed by atoms with Crippen molar-refractivity contribution in [3.05, 3.63) is 0 Å². The molecule has 0 aromatic heterocycles. The third-order valence-electron chi connectivity index (χ3n) is 2.02. The first-order valence-electron chi connectivity index (χ1n) is 4.06. The summed E-state index contributed by atoms with van der Waals surface area (Å²) >= 11 is 0. The summed E-state index contributed by atoms with van der Waals surface area (Å²) in [6.07, 6.45) is 2.92. The van der Waals surface area contributed by atoms with Crippen LogP contribution in [0.15, 0.2) is 0 Å². The summed E-state index contributed by atoms with van der Waals surface area (Å²) in [5.41, 5.74) is 0. The maximum absolute atomic E-state index is 11.8. The third-order valence-corrected chi connectivity index (χ3v) is 7.20. The molecule has 1 unspecified atom stereocenters. The van der Waals surface area contributed by atoms with Gasteiger partial charge in [0.1, 0.15) is 0 Å². The van der Waals surface area contributed by atoms with Crippen LogP contribution in [-0.2, 0) is 17.7 Å². The van der Waals surface area contributed by atoms with Crippen LogP contribution >= 0.6 is 7.60 Å². The van der Waals surface area contributed by atoms with Crippen molar-refractivity contribution in [2.24, 2.45) is 0 Å². The first-order chi connectivity index (χ1) is 5.73. The van der Waals surface area contributed by atoms with Crippen LogP contribution in [0.3, 0.4) is 0 Å². The number of rotatable bonds is 3. The quantitative estimate of drug-likeness (QED) is 0.471. The van der Waals surface area contributed by atoms with Crippen molar-refractivity contribution in [1.82, 2.24) is 0 Å². The van der Waals surface area contributed by atoms with Crippen LogP contribution in [-0.4, -0.2) is 33.4 Å². The highest BCUT2D eigenvalue weighted by molar-refractivity contribution is 7.56. The molecule has 0 aromatic rings. The van der Waals surface area contributed by atoms with Crippen molar-refractivity contribution < 1.29 is 17.7 Å². The molecule has 1 saturated heterocycles. The fraction of sp³-hybridized carbons (Fsp3) is 1.00. The highest BCUT2D eigenvalue weighted by Gasteiger charge is 2.34. The Morgan fingerprint density at radius 3 is 2.42 bits per heavy atom. The summed E-state index contributed by atoms with van der Waals surface area (Å²) in [4.78, 5) is 0. The molecule has 1 heterocycles. The van der Waals surface area contributed by atoms with Gasteiger partial charge in [-0.15, -0.1) is 0 Å².